The number of furan rings is 1. The number of ether oxygens (including phenoxy) is 1. The van der Waals surface area contributed by atoms with Crippen LogP contribution in [-0.4, -0.2) is 44.3 Å². The van der Waals surface area contributed by atoms with Crippen molar-refractivity contribution in [2.75, 3.05) is 6.61 Å². The average Bonchev–Trinajstić information content (AvgIpc) is 3.34. The summed E-state index contributed by atoms with van der Waals surface area (Å²) in [6, 6.07) is 15.2. The van der Waals surface area contributed by atoms with Gasteiger partial charge in [0, 0.05) is 23.9 Å². The van der Waals surface area contributed by atoms with E-state index in [4.69, 9.17) is 9.15 Å². The molecule has 42 heavy (non-hydrogen) atoms. The standard InChI is InChI=1S/C31H30F2N6O3/c1-3-41-26-15-22(6-7-24(26)39-19-35-18-36-39)21-4-5-23-16-27(42-25(23)14-21)28(40)38-30(10-12-31(32,33)13-11-30)20(2)37-29(17-34)8-9-29/h4-7,14-16,18-19,37H,2-3,8-13H2,1H3,(H,38,40). The molecule has 2 aromatic heterocycles. The predicted octanol–water partition coefficient (Wildman–Crippen LogP) is 5.92. The zero-order valence-corrected chi connectivity index (χ0v) is 23.1. The van der Waals surface area contributed by atoms with Gasteiger partial charge >= 0.3 is 0 Å². The maximum absolute atomic E-state index is 14.1. The first-order valence-electron chi connectivity index (χ1n) is 13.9. The molecule has 2 aromatic carbocycles. The Kier molecular flexibility index (Phi) is 6.72. The Morgan fingerprint density at radius 3 is 2.50 bits per heavy atom. The Hall–Kier alpha value is -4.72. The van der Waals surface area contributed by atoms with Crippen LogP contribution in [0.5, 0.6) is 5.75 Å². The van der Waals surface area contributed by atoms with E-state index in [2.05, 4.69) is 33.4 Å². The summed E-state index contributed by atoms with van der Waals surface area (Å²) in [6.07, 6.45) is 3.55. The van der Waals surface area contributed by atoms with E-state index >= 15 is 0 Å². The maximum Gasteiger partial charge on any atom is 0.287 e. The Morgan fingerprint density at radius 1 is 1.10 bits per heavy atom. The molecule has 0 radical (unpaired) electrons. The Balaban J connectivity index is 1.26. The van der Waals surface area contributed by atoms with Gasteiger partial charge < -0.3 is 19.8 Å². The molecule has 2 saturated carbocycles. The van der Waals surface area contributed by atoms with Crippen LogP contribution in [-0.2, 0) is 0 Å². The topological polar surface area (TPSA) is 118 Å². The van der Waals surface area contributed by atoms with Crippen LogP contribution in [0.25, 0.3) is 27.8 Å². The minimum absolute atomic E-state index is 0.00376. The van der Waals surface area contributed by atoms with E-state index in [9.17, 15) is 18.8 Å². The van der Waals surface area contributed by atoms with Crippen molar-refractivity contribution in [2.24, 2.45) is 0 Å². The maximum atomic E-state index is 14.1. The lowest BCUT2D eigenvalue weighted by molar-refractivity contribution is -0.0506. The first kappa shape index (κ1) is 27.4. The van der Waals surface area contributed by atoms with Crippen molar-refractivity contribution in [1.82, 2.24) is 25.4 Å². The first-order valence-corrected chi connectivity index (χ1v) is 13.9. The SMILES string of the molecule is C=C(NC1(C#N)CC1)C1(NC(=O)c2cc3ccc(-c4ccc(-n5cncn5)c(OCC)c4)cc3o2)CCC(F)(F)CC1. The number of benzene rings is 2. The third-order valence-corrected chi connectivity index (χ3v) is 8.12. The van der Waals surface area contributed by atoms with E-state index in [0.29, 0.717) is 36.5 Å². The van der Waals surface area contributed by atoms with Gasteiger partial charge in [0.05, 0.1) is 18.2 Å². The number of fused-ring (bicyclic) bond motifs is 1. The lowest BCUT2D eigenvalue weighted by Crippen LogP contribution is -2.57. The van der Waals surface area contributed by atoms with Crippen LogP contribution >= 0.6 is 0 Å². The van der Waals surface area contributed by atoms with Crippen molar-refractivity contribution < 1.29 is 22.7 Å². The van der Waals surface area contributed by atoms with Crippen molar-refractivity contribution in [3.8, 4) is 28.6 Å². The monoisotopic (exact) mass is 572 g/mol. The molecule has 0 spiro atoms. The van der Waals surface area contributed by atoms with Crippen molar-refractivity contribution in [2.45, 2.75) is 62.4 Å². The number of alkyl halides is 2. The van der Waals surface area contributed by atoms with Gasteiger partial charge in [0.2, 0.25) is 5.92 Å². The van der Waals surface area contributed by atoms with Crippen LogP contribution in [0.15, 0.2) is 71.8 Å². The van der Waals surface area contributed by atoms with E-state index in [-0.39, 0.29) is 18.6 Å². The molecular formula is C31H30F2N6O3. The second-order valence-electron chi connectivity index (χ2n) is 11.0. The number of amides is 1. The Bertz CT molecular complexity index is 1690. The minimum atomic E-state index is -2.81. The van der Waals surface area contributed by atoms with Gasteiger partial charge in [-0.05, 0) is 68.0 Å². The fourth-order valence-corrected chi connectivity index (χ4v) is 5.43. The van der Waals surface area contributed by atoms with E-state index in [1.165, 1.54) is 6.33 Å². The highest BCUT2D eigenvalue weighted by atomic mass is 19.3. The molecule has 0 bridgehead atoms. The van der Waals surface area contributed by atoms with Crippen LogP contribution in [0, 0.1) is 11.3 Å². The summed E-state index contributed by atoms with van der Waals surface area (Å²) in [5, 5.41) is 20.5. The van der Waals surface area contributed by atoms with Crippen LogP contribution in [0.4, 0.5) is 8.78 Å². The van der Waals surface area contributed by atoms with Gasteiger partial charge in [-0.3, -0.25) is 4.79 Å². The molecule has 216 valence electrons. The second-order valence-corrected chi connectivity index (χ2v) is 11.0. The van der Waals surface area contributed by atoms with Gasteiger partial charge in [-0.15, -0.1) is 0 Å². The van der Waals surface area contributed by atoms with Gasteiger partial charge in [0.25, 0.3) is 5.91 Å². The number of hydrogen-bond donors (Lipinski definition) is 2. The number of aromatic nitrogens is 3. The largest absolute Gasteiger partial charge is 0.492 e. The first-order chi connectivity index (χ1) is 20.1. The molecule has 0 atom stereocenters. The molecule has 2 aliphatic rings. The normalized spacial score (nSPS) is 18.1. The number of rotatable bonds is 9. The summed E-state index contributed by atoms with van der Waals surface area (Å²) >= 11 is 0. The zero-order valence-electron chi connectivity index (χ0n) is 23.1. The number of hydrogen-bond acceptors (Lipinski definition) is 7. The third kappa shape index (κ3) is 5.20. The van der Waals surface area contributed by atoms with Gasteiger partial charge in [-0.25, -0.2) is 18.4 Å². The number of nitrogens with one attached hydrogen (secondary N) is 2. The zero-order chi connectivity index (χ0) is 29.5. The fraction of sp³-hybridized carbons (Fsp3) is 0.355. The van der Waals surface area contributed by atoms with Crippen molar-refractivity contribution >= 4 is 16.9 Å². The Labute approximate surface area is 241 Å². The predicted molar refractivity (Wildman–Crippen MR) is 151 cm³/mol. The van der Waals surface area contributed by atoms with Crippen molar-refractivity contribution in [1.29, 1.82) is 5.26 Å². The lowest BCUT2D eigenvalue weighted by atomic mass is 9.77. The summed E-state index contributed by atoms with van der Waals surface area (Å²) in [4.78, 5) is 17.5. The molecule has 2 N–H and O–H groups in total. The lowest BCUT2D eigenvalue weighted by Gasteiger charge is -2.42. The molecular weight excluding hydrogens is 542 g/mol. The van der Waals surface area contributed by atoms with Gasteiger partial charge in [0.15, 0.2) is 5.76 Å². The summed E-state index contributed by atoms with van der Waals surface area (Å²) in [5.74, 6) is -2.64. The number of carbonyl (C=O) groups excluding carboxylic acids is 1. The molecule has 2 fully saturated rings. The molecule has 0 aliphatic heterocycles. The highest BCUT2D eigenvalue weighted by molar-refractivity contribution is 5.97. The van der Waals surface area contributed by atoms with Crippen LogP contribution in [0.3, 0.4) is 0 Å². The summed E-state index contributed by atoms with van der Waals surface area (Å²) in [7, 11) is 0. The molecule has 6 rings (SSSR count). The van der Waals surface area contributed by atoms with Gasteiger partial charge in [0.1, 0.15) is 35.2 Å². The van der Waals surface area contributed by atoms with E-state index < -0.39 is 35.7 Å². The third-order valence-electron chi connectivity index (χ3n) is 8.12. The Morgan fingerprint density at radius 2 is 1.83 bits per heavy atom. The number of halogens is 2. The minimum Gasteiger partial charge on any atom is -0.492 e. The van der Waals surface area contributed by atoms with Gasteiger partial charge in [-0.2, -0.15) is 10.4 Å². The molecule has 2 aliphatic carbocycles. The van der Waals surface area contributed by atoms with Crippen LogP contribution in [0.1, 0.15) is 56.0 Å². The average molecular weight is 573 g/mol. The fourth-order valence-electron chi connectivity index (χ4n) is 5.43. The molecule has 0 saturated heterocycles. The number of carbonyl (C=O) groups is 1. The molecule has 2 heterocycles. The molecule has 9 nitrogen and oxygen atoms in total. The van der Waals surface area contributed by atoms with E-state index in [1.807, 2.05) is 43.3 Å². The highest BCUT2D eigenvalue weighted by Crippen LogP contribution is 2.44. The van der Waals surface area contributed by atoms with Crippen molar-refractivity contribution in [3.63, 3.8) is 0 Å². The van der Waals surface area contributed by atoms with E-state index in [1.54, 1.807) is 17.1 Å². The summed E-state index contributed by atoms with van der Waals surface area (Å²) in [5.41, 5.74) is 1.48. The number of nitriles is 1. The number of nitrogens with zero attached hydrogens (tertiary/aromatic N) is 4. The van der Waals surface area contributed by atoms with Crippen LogP contribution < -0.4 is 15.4 Å². The molecule has 4 aromatic rings. The molecule has 11 heteroatoms. The van der Waals surface area contributed by atoms with Crippen LogP contribution in [0.2, 0.25) is 0 Å². The van der Waals surface area contributed by atoms with Crippen molar-refractivity contribution in [3.05, 3.63) is 73.2 Å². The molecule has 0 unspecified atom stereocenters. The summed E-state index contributed by atoms with van der Waals surface area (Å²) < 4.78 is 41.7. The quantitative estimate of drug-likeness (QED) is 0.256. The highest BCUT2D eigenvalue weighted by Gasteiger charge is 2.50. The second kappa shape index (κ2) is 10.3. The summed E-state index contributed by atoms with van der Waals surface area (Å²) in [6.45, 7) is 6.45. The van der Waals surface area contributed by atoms with E-state index in [0.717, 1.165) is 22.2 Å². The smallest absolute Gasteiger partial charge is 0.287 e. The molecule has 1 amide bonds. The van der Waals surface area contributed by atoms with Gasteiger partial charge in [-0.1, -0.05) is 24.8 Å².